The standard InChI is InChI=1S/C22H29N3O3.2ClH/c1-4-5-15(2)19-14-16(3)20(22(27)28-19)21(26)24-17-6-8-18(9-7-17)25-12-10-23-11-13-25;;/h6-9,14-15,23H,4-5,10-13H2,1-3H3,(H,24,26);2*1H. The monoisotopic (exact) mass is 455 g/mol. The number of carbonyl (C=O) groups is 1. The van der Waals surface area contributed by atoms with E-state index < -0.39 is 11.5 Å². The Kier molecular flexibility index (Phi) is 10.4. The van der Waals surface area contributed by atoms with Gasteiger partial charge in [0.15, 0.2) is 0 Å². The van der Waals surface area contributed by atoms with Crippen LogP contribution >= 0.6 is 24.8 Å². The zero-order chi connectivity index (χ0) is 20.1. The lowest BCUT2D eigenvalue weighted by Gasteiger charge is -2.29. The van der Waals surface area contributed by atoms with Gasteiger partial charge in [-0.2, -0.15) is 0 Å². The molecule has 0 spiro atoms. The molecule has 3 rings (SSSR count). The van der Waals surface area contributed by atoms with Crippen molar-refractivity contribution in [2.45, 2.75) is 39.5 Å². The van der Waals surface area contributed by atoms with Crippen LogP contribution in [-0.2, 0) is 0 Å². The van der Waals surface area contributed by atoms with Crippen LogP contribution < -0.4 is 21.2 Å². The zero-order valence-corrected chi connectivity index (χ0v) is 19.3. The van der Waals surface area contributed by atoms with Gasteiger partial charge in [-0.3, -0.25) is 4.79 Å². The summed E-state index contributed by atoms with van der Waals surface area (Å²) < 4.78 is 5.43. The fourth-order valence-electron chi connectivity index (χ4n) is 3.60. The van der Waals surface area contributed by atoms with Crippen LogP contribution in [0.1, 0.15) is 54.3 Å². The van der Waals surface area contributed by atoms with Gasteiger partial charge in [0.2, 0.25) is 0 Å². The molecule has 2 N–H and O–H groups in total. The van der Waals surface area contributed by atoms with Crippen LogP contribution in [0.2, 0.25) is 0 Å². The predicted molar refractivity (Wildman–Crippen MR) is 127 cm³/mol. The van der Waals surface area contributed by atoms with Gasteiger partial charge in [-0.1, -0.05) is 20.3 Å². The van der Waals surface area contributed by atoms with Crippen molar-refractivity contribution in [2.24, 2.45) is 0 Å². The van der Waals surface area contributed by atoms with Crippen LogP contribution in [0.5, 0.6) is 0 Å². The van der Waals surface area contributed by atoms with Crippen molar-refractivity contribution in [1.82, 2.24) is 5.32 Å². The van der Waals surface area contributed by atoms with Crippen molar-refractivity contribution in [3.63, 3.8) is 0 Å². The second kappa shape index (κ2) is 12.0. The molecule has 1 atom stereocenters. The molecule has 1 aromatic heterocycles. The minimum absolute atomic E-state index is 0. The van der Waals surface area contributed by atoms with Crippen LogP contribution in [0.4, 0.5) is 11.4 Å². The maximum Gasteiger partial charge on any atom is 0.349 e. The van der Waals surface area contributed by atoms with Gasteiger partial charge in [-0.05, 0) is 49.2 Å². The number of benzene rings is 1. The number of hydrogen-bond acceptors (Lipinski definition) is 5. The van der Waals surface area contributed by atoms with E-state index in [0.717, 1.165) is 44.7 Å². The molecule has 6 nitrogen and oxygen atoms in total. The highest BCUT2D eigenvalue weighted by molar-refractivity contribution is 6.05. The molecule has 8 heteroatoms. The molecule has 0 bridgehead atoms. The van der Waals surface area contributed by atoms with E-state index in [9.17, 15) is 9.59 Å². The Balaban J connectivity index is 0.00000225. The second-order valence-corrected chi connectivity index (χ2v) is 7.42. The molecule has 1 aromatic carbocycles. The maximum absolute atomic E-state index is 12.7. The smallest absolute Gasteiger partial charge is 0.349 e. The summed E-state index contributed by atoms with van der Waals surface area (Å²) in [5, 5.41) is 6.15. The summed E-state index contributed by atoms with van der Waals surface area (Å²) in [6.07, 6.45) is 1.95. The molecule has 1 fully saturated rings. The molecular weight excluding hydrogens is 425 g/mol. The lowest BCUT2D eigenvalue weighted by atomic mass is 10.0. The number of aryl methyl sites for hydroxylation is 1. The van der Waals surface area contributed by atoms with Crippen LogP contribution in [0.15, 0.2) is 39.5 Å². The summed E-state index contributed by atoms with van der Waals surface area (Å²) in [7, 11) is 0. The topological polar surface area (TPSA) is 74.6 Å². The Bertz CT molecular complexity index is 878. The highest BCUT2D eigenvalue weighted by atomic mass is 35.5. The van der Waals surface area contributed by atoms with Crippen molar-refractivity contribution < 1.29 is 9.21 Å². The van der Waals surface area contributed by atoms with Gasteiger partial charge in [-0.15, -0.1) is 24.8 Å². The third kappa shape index (κ3) is 6.24. The van der Waals surface area contributed by atoms with E-state index in [2.05, 4.69) is 22.5 Å². The minimum atomic E-state index is -0.576. The summed E-state index contributed by atoms with van der Waals surface area (Å²) in [6.45, 7) is 9.78. The van der Waals surface area contributed by atoms with Gasteiger partial charge < -0.3 is 20.0 Å². The van der Waals surface area contributed by atoms with Crippen molar-refractivity contribution in [3.05, 3.63) is 57.6 Å². The average Bonchev–Trinajstić information content (AvgIpc) is 2.69. The van der Waals surface area contributed by atoms with E-state index in [0.29, 0.717) is 17.0 Å². The first-order valence-electron chi connectivity index (χ1n) is 10.0. The Morgan fingerprint density at radius 1 is 1.20 bits per heavy atom. The molecule has 1 unspecified atom stereocenters. The zero-order valence-electron chi connectivity index (χ0n) is 17.7. The van der Waals surface area contributed by atoms with E-state index in [1.165, 1.54) is 0 Å². The Hall–Kier alpha value is -2.02. The Morgan fingerprint density at radius 3 is 2.40 bits per heavy atom. The van der Waals surface area contributed by atoms with E-state index in [1.807, 2.05) is 37.3 Å². The molecule has 1 saturated heterocycles. The fraction of sp³-hybridized carbons (Fsp3) is 0.455. The van der Waals surface area contributed by atoms with Crippen molar-refractivity contribution in [3.8, 4) is 0 Å². The molecule has 166 valence electrons. The molecule has 2 heterocycles. The number of hydrogen-bond donors (Lipinski definition) is 2. The van der Waals surface area contributed by atoms with E-state index in [1.54, 1.807) is 6.92 Å². The molecule has 1 aliphatic rings. The molecule has 2 aromatic rings. The Labute approximate surface area is 190 Å². The first-order chi connectivity index (χ1) is 13.5. The number of amides is 1. The van der Waals surface area contributed by atoms with Crippen molar-refractivity contribution in [2.75, 3.05) is 36.4 Å². The molecule has 0 radical (unpaired) electrons. The SMILES string of the molecule is CCCC(C)c1cc(C)c(C(=O)Nc2ccc(N3CCNCC3)cc2)c(=O)o1.Cl.Cl. The lowest BCUT2D eigenvalue weighted by Crippen LogP contribution is -2.43. The lowest BCUT2D eigenvalue weighted by molar-refractivity contribution is 0.102. The van der Waals surface area contributed by atoms with Crippen LogP contribution in [-0.4, -0.2) is 32.1 Å². The first kappa shape index (κ1) is 26.0. The minimum Gasteiger partial charge on any atom is -0.427 e. The summed E-state index contributed by atoms with van der Waals surface area (Å²) >= 11 is 0. The number of carbonyl (C=O) groups excluding carboxylic acids is 1. The largest absolute Gasteiger partial charge is 0.427 e. The number of rotatable bonds is 6. The molecular formula is C22H31Cl2N3O3. The van der Waals surface area contributed by atoms with E-state index in [4.69, 9.17) is 4.42 Å². The first-order valence-corrected chi connectivity index (χ1v) is 10.0. The van der Waals surface area contributed by atoms with Gasteiger partial charge in [0.25, 0.3) is 5.91 Å². The van der Waals surface area contributed by atoms with Crippen LogP contribution in [0.3, 0.4) is 0 Å². The number of piperazine rings is 1. The van der Waals surface area contributed by atoms with Crippen LogP contribution in [0, 0.1) is 6.92 Å². The van der Waals surface area contributed by atoms with Gasteiger partial charge in [0.05, 0.1) is 0 Å². The van der Waals surface area contributed by atoms with Gasteiger partial charge in [0, 0.05) is 43.5 Å². The number of anilines is 2. The highest BCUT2D eigenvalue weighted by Crippen LogP contribution is 2.22. The van der Waals surface area contributed by atoms with Crippen LogP contribution in [0.25, 0.3) is 0 Å². The molecule has 1 aliphatic heterocycles. The van der Waals surface area contributed by atoms with E-state index in [-0.39, 0.29) is 36.3 Å². The van der Waals surface area contributed by atoms with Gasteiger partial charge >= 0.3 is 5.63 Å². The molecule has 0 saturated carbocycles. The average molecular weight is 456 g/mol. The third-order valence-electron chi connectivity index (χ3n) is 5.21. The number of nitrogens with one attached hydrogen (secondary N) is 2. The highest BCUT2D eigenvalue weighted by Gasteiger charge is 2.19. The summed E-state index contributed by atoms with van der Waals surface area (Å²) in [5.41, 5.74) is 1.92. The Morgan fingerprint density at radius 2 is 1.83 bits per heavy atom. The van der Waals surface area contributed by atoms with E-state index >= 15 is 0 Å². The van der Waals surface area contributed by atoms with Gasteiger partial charge in [-0.25, -0.2) is 4.79 Å². The number of nitrogens with zero attached hydrogens (tertiary/aromatic N) is 1. The van der Waals surface area contributed by atoms with Gasteiger partial charge in [0.1, 0.15) is 11.3 Å². The van der Waals surface area contributed by atoms with Crippen molar-refractivity contribution in [1.29, 1.82) is 0 Å². The third-order valence-corrected chi connectivity index (χ3v) is 5.21. The maximum atomic E-state index is 12.7. The molecule has 30 heavy (non-hydrogen) atoms. The summed E-state index contributed by atoms with van der Waals surface area (Å²) in [6, 6.07) is 9.52. The quantitative estimate of drug-likeness (QED) is 0.676. The molecule has 1 amide bonds. The summed E-state index contributed by atoms with van der Waals surface area (Å²) in [5.74, 6) is 0.364. The second-order valence-electron chi connectivity index (χ2n) is 7.42. The fourth-order valence-corrected chi connectivity index (χ4v) is 3.60. The summed E-state index contributed by atoms with van der Waals surface area (Å²) in [4.78, 5) is 27.4. The number of halogens is 2. The van der Waals surface area contributed by atoms with Crippen molar-refractivity contribution >= 4 is 42.1 Å². The molecule has 0 aliphatic carbocycles. The normalized spacial score (nSPS) is 14.3. The predicted octanol–water partition coefficient (Wildman–Crippen LogP) is 4.36.